The average Bonchev–Trinajstić information content (AvgIpc) is 3.06. The zero-order valence-corrected chi connectivity index (χ0v) is 14.7. The zero-order chi connectivity index (χ0) is 18.5. The number of ether oxygens (including phenoxy) is 1. The highest BCUT2D eigenvalue weighted by atomic mass is 32.1. The molecule has 1 heterocycles. The number of carboxylic acid groups (broad SMARTS) is 1. The number of rotatable bonds is 7. The van der Waals surface area contributed by atoms with Crippen molar-refractivity contribution in [1.29, 1.82) is 0 Å². The van der Waals surface area contributed by atoms with Crippen LogP contribution in [0, 0.1) is 5.92 Å². The fourth-order valence-electron chi connectivity index (χ4n) is 2.46. The lowest BCUT2D eigenvalue weighted by Gasteiger charge is -2.04. The van der Waals surface area contributed by atoms with Crippen LogP contribution >= 0.6 is 11.3 Å². The predicted molar refractivity (Wildman–Crippen MR) is 100 cm³/mol. The van der Waals surface area contributed by atoms with Crippen molar-refractivity contribution in [3.05, 3.63) is 77.3 Å². The summed E-state index contributed by atoms with van der Waals surface area (Å²) in [5.74, 6) is -2.02. The maximum Gasteiger partial charge on any atom is 0.338 e. The van der Waals surface area contributed by atoms with Gasteiger partial charge in [0.15, 0.2) is 0 Å². The van der Waals surface area contributed by atoms with Crippen molar-refractivity contribution < 1.29 is 19.4 Å². The molecule has 0 aliphatic carbocycles. The summed E-state index contributed by atoms with van der Waals surface area (Å²) in [4.78, 5) is 27.8. The zero-order valence-electron chi connectivity index (χ0n) is 13.9. The summed E-state index contributed by atoms with van der Waals surface area (Å²) in [5, 5.41) is 9.82. The lowest BCUT2D eigenvalue weighted by Crippen LogP contribution is -2.13. The third kappa shape index (κ3) is 4.15. The molecule has 0 radical (unpaired) electrons. The van der Waals surface area contributed by atoms with Gasteiger partial charge in [0, 0.05) is 6.42 Å². The second kappa shape index (κ2) is 7.93. The first kappa shape index (κ1) is 17.8. The Morgan fingerprint density at radius 2 is 2.00 bits per heavy atom. The van der Waals surface area contributed by atoms with Gasteiger partial charge in [0.25, 0.3) is 0 Å². The minimum absolute atomic E-state index is 0.208. The highest BCUT2D eigenvalue weighted by Gasteiger charge is 2.17. The van der Waals surface area contributed by atoms with Gasteiger partial charge in [0.05, 0.1) is 26.7 Å². The molecule has 2 aromatic carbocycles. The SMILES string of the molecule is C=C[C@@H](Cc1nc2cc(C(=O)OCc3ccccc3)ccc2s1)C(=O)O. The van der Waals surface area contributed by atoms with E-state index in [-0.39, 0.29) is 13.0 Å². The maximum atomic E-state index is 12.2. The van der Waals surface area contributed by atoms with Crippen LogP contribution in [0.3, 0.4) is 0 Å². The molecule has 0 aliphatic heterocycles. The molecule has 0 fully saturated rings. The summed E-state index contributed by atoms with van der Waals surface area (Å²) < 4.78 is 6.23. The molecule has 0 spiro atoms. The van der Waals surface area contributed by atoms with Gasteiger partial charge in [-0.05, 0) is 23.8 Å². The van der Waals surface area contributed by atoms with E-state index in [0.717, 1.165) is 10.3 Å². The van der Waals surface area contributed by atoms with E-state index in [4.69, 9.17) is 9.84 Å². The molecular formula is C20H17NO4S. The molecule has 0 amide bonds. The normalized spacial score (nSPS) is 11.8. The van der Waals surface area contributed by atoms with Crippen LogP contribution in [0.25, 0.3) is 10.2 Å². The number of hydrogen-bond donors (Lipinski definition) is 1. The Morgan fingerprint density at radius 3 is 2.69 bits per heavy atom. The summed E-state index contributed by atoms with van der Waals surface area (Å²) in [6.07, 6.45) is 1.69. The molecule has 5 nitrogen and oxygen atoms in total. The number of nitrogens with zero attached hydrogens (tertiary/aromatic N) is 1. The van der Waals surface area contributed by atoms with E-state index in [1.54, 1.807) is 18.2 Å². The number of carboxylic acids is 1. The number of esters is 1. The van der Waals surface area contributed by atoms with Gasteiger partial charge in [-0.2, -0.15) is 0 Å². The fourth-order valence-corrected chi connectivity index (χ4v) is 3.46. The molecule has 0 unspecified atom stereocenters. The summed E-state index contributed by atoms with van der Waals surface area (Å²) in [7, 11) is 0. The van der Waals surface area contributed by atoms with Crippen LogP contribution in [0.4, 0.5) is 0 Å². The van der Waals surface area contributed by atoms with Crippen molar-refractivity contribution in [2.24, 2.45) is 5.92 Å². The van der Waals surface area contributed by atoms with Crippen LogP contribution in [0.15, 0.2) is 61.2 Å². The maximum absolute atomic E-state index is 12.2. The van der Waals surface area contributed by atoms with E-state index in [1.807, 2.05) is 30.3 Å². The van der Waals surface area contributed by atoms with Gasteiger partial charge in [-0.1, -0.05) is 36.4 Å². The van der Waals surface area contributed by atoms with Gasteiger partial charge in [-0.15, -0.1) is 17.9 Å². The molecule has 1 atom stereocenters. The molecule has 0 aliphatic rings. The number of thiazole rings is 1. The summed E-state index contributed by atoms with van der Waals surface area (Å²) in [5.41, 5.74) is 2.00. The molecule has 132 valence electrons. The molecule has 26 heavy (non-hydrogen) atoms. The molecule has 1 aromatic heterocycles. The molecule has 0 saturated heterocycles. The smallest absolute Gasteiger partial charge is 0.338 e. The van der Waals surface area contributed by atoms with Gasteiger partial charge >= 0.3 is 11.9 Å². The number of carbonyl (C=O) groups is 2. The van der Waals surface area contributed by atoms with Crippen molar-refractivity contribution >= 4 is 33.5 Å². The first-order valence-corrected chi connectivity index (χ1v) is 8.84. The van der Waals surface area contributed by atoms with E-state index in [0.29, 0.717) is 16.1 Å². The molecule has 1 N–H and O–H groups in total. The van der Waals surface area contributed by atoms with Gasteiger partial charge in [0.2, 0.25) is 0 Å². The number of aromatic nitrogens is 1. The molecule has 3 aromatic rings. The van der Waals surface area contributed by atoms with Gasteiger partial charge in [-0.3, -0.25) is 4.79 Å². The van der Waals surface area contributed by atoms with Crippen LogP contribution in [-0.4, -0.2) is 22.0 Å². The first-order chi connectivity index (χ1) is 12.6. The standard InChI is InChI=1S/C20H17NO4S/c1-2-14(19(22)23)11-18-21-16-10-15(8-9-17(16)26-18)20(24)25-12-13-6-4-3-5-7-13/h2-10,14H,1,11-12H2,(H,22,23)/t14-/m0/s1. The van der Waals surface area contributed by atoms with Crippen molar-refractivity contribution in [2.45, 2.75) is 13.0 Å². The Labute approximate surface area is 154 Å². The number of aliphatic carboxylic acids is 1. The van der Waals surface area contributed by atoms with Crippen LogP contribution in [0.2, 0.25) is 0 Å². The first-order valence-electron chi connectivity index (χ1n) is 8.02. The molecule has 3 rings (SSSR count). The molecule has 0 bridgehead atoms. The van der Waals surface area contributed by atoms with Crippen LogP contribution in [0.5, 0.6) is 0 Å². The lowest BCUT2D eigenvalue weighted by molar-refractivity contribution is -0.140. The van der Waals surface area contributed by atoms with Gasteiger partial charge in [-0.25, -0.2) is 9.78 Å². The topological polar surface area (TPSA) is 76.5 Å². The molecular weight excluding hydrogens is 350 g/mol. The van der Waals surface area contributed by atoms with E-state index in [1.165, 1.54) is 17.4 Å². The quantitative estimate of drug-likeness (QED) is 0.503. The van der Waals surface area contributed by atoms with E-state index in [9.17, 15) is 9.59 Å². The molecule has 0 saturated carbocycles. The summed E-state index contributed by atoms with van der Waals surface area (Å²) in [6, 6.07) is 14.6. The van der Waals surface area contributed by atoms with Crippen LogP contribution in [-0.2, 0) is 22.6 Å². The number of benzene rings is 2. The monoisotopic (exact) mass is 367 g/mol. The van der Waals surface area contributed by atoms with Gasteiger partial charge in [0.1, 0.15) is 6.61 Å². The number of carbonyl (C=O) groups excluding carboxylic acids is 1. The van der Waals surface area contributed by atoms with E-state index < -0.39 is 17.9 Å². The molecule has 6 heteroatoms. The van der Waals surface area contributed by atoms with E-state index in [2.05, 4.69) is 11.6 Å². The Morgan fingerprint density at radius 1 is 1.23 bits per heavy atom. The predicted octanol–water partition coefficient (Wildman–Crippen LogP) is 4.08. The fraction of sp³-hybridized carbons (Fsp3) is 0.150. The highest BCUT2D eigenvalue weighted by Crippen LogP contribution is 2.25. The Bertz CT molecular complexity index is 949. The third-order valence-electron chi connectivity index (χ3n) is 3.88. The van der Waals surface area contributed by atoms with Gasteiger partial charge < -0.3 is 9.84 Å². The van der Waals surface area contributed by atoms with Crippen molar-refractivity contribution in [2.75, 3.05) is 0 Å². The number of hydrogen-bond acceptors (Lipinski definition) is 5. The highest BCUT2D eigenvalue weighted by molar-refractivity contribution is 7.18. The van der Waals surface area contributed by atoms with Crippen LogP contribution < -0.4 is 0 Å². The van der Waals surface area contributed by atoms with Crippen molar-refractivity contribution in [3.8, 4) is 0 Å². The largest absolute Gasteiger partial charge is 0.481 e. The number of fused-ring (bicyclic) bond motifs is 1. The second-order valence-corrected chi connectivity index (χ2v) is 6.85. The Kier molecular flexibility index (Phi) is 5.43. The Balaban J connectivity index is 1.73. The third-order valence-corrected chi connectivity index (χ3v) is 4.94. The average molecular weight is 367 g/mol. The van der Waals surface area contributed by atoms with Crippen molar-refractivity contribution in [3.63, 3.8) is 0 Å². The van der Waals surface area contributed by atoms with Crippen LogP contribution in [0.1, 0.15) is 20.9 Å². The summed E-state index contributed by atoms with van der Waals surface area (Å²) in [6.45, 7) is 3.76. The second-order valence-electron chi connectivity index (χ2n) is 5.74. The van der Waals surface area contributed by atoms with E-state index >= 15 is 0 Å². The summed E-state index contributed by atoms with van der Waals surface area (Å²) >= 11 is 1.41. The minimum atomic E-state index is -0.926. The Hall–Kier alpha value is -2.99. The lowest BCUT2D eigenvalue weighted by atomic mass is 10.1. The minimum Gasteiger partial charge on any atom is -0.481 e. The van der Waals surface area contributed by atoms with Crippen molar-refractivity contribution in [1.82, 2.24) is 4.98 Å².